The van der Waals surface area contributed by atoms with E-state index in [0.717, 1.165) is 17.3 Å². The van der Waals surface area contributed by atoms with Gasteiger partial charge in [-0.25, -0.2) is 0 Å². The topological polar surface area (TPSA) is 66.9 Å². The molecule has 2 rings (SSSR count). The van der Waals surface area contributed by atoms with Crippen LogP contribution in [0.3, 0.4) is 0 Å². The number of halogens is 1. The van der Waals surface area contributed by atoms with Crippen LogP contribution >= 0.6 is 35.1 Å². The van der Waals surface area contributed by atoms with E-state index in [2.05, 4.69) is 0 Å². The Bertz CT molecular complexity index is 474. The first-order valence-corrected chi connectivity index (χ1v) is 6.92. The fraction of sp³-hybridized carbons (Fsp3) is 0.300. The number of benzene rings is 1. The Labute approximate surface area is 111 Å². The molecule has 7 heteroatoms. The Morgan fingerprint density at radius 3 is 2.65 bits per heavy atom. The lowest BCUT2D eigenvalue weighted by molar-refractivity contribution is -0.522. The highest BCUT2D eigenvalue weighted by molar-refractivity contribution is 8.20. The molecule has 0 amide bonds. The molecule has 3 atom stereocenters. The average molecular weight is 287 g/mol. The maximum atomic E-state index is 11.0. The second-order valence-electron chi connectivity index (χ2n) is 3.46. The lowest BCUT2D eigenvalue weighted by Crippen LogP contribution is -2.43. The van der Waals surface area contributed by atoms with Gasteiger partial charge < -0.3 is 0 Å². The van der Waals surface area contributed by atoms with Gasteiger partial charge >= 0.3 is 0 Å². The standard InChI is InChI=1S/C10H7ClN2O2S2/c11-7-3-1-6(2-4-7)9-8(13(14)15)10(17-9)16-5-12/h1-4,8-10H/t8-,9-,10-/m1/s1. The minimum Gasteiger partial charge on any atom is -0.264 e. The lowest BCUT2D eigenvalue weighted by Gasteiger charge is -2.35. The van der Waals surface area contributed by atoms with Gasteiger partial charge in [0.2, 0.25) is 0 Å². The summed E-state index contributed by atoms with van der Waals surface area (Å²) in [6.07, 6.45) is 0. The molecular formula is C10H7ClN2O2S2. The second-order valence-corrected chi connectivity index (χ2v) is 6.41. The molecule has 1 heterocycles. The van der Waals surface area contributed by atoms with Crippen molar-refractivity contribution in [3.8, 4) is 5.40 Å². The molecule has 4 nitrogen and oxygen atoms in total. The van der Waals surface area contributed by atoms with Crippen LogP contribution in [0.25, 0.3) is 0 Å². The zero-order chi connectivity index (χ0) is 12.4. The third kappa shape index (κ3) is 2.51. The third-order valence-electron chi connectivity index (χ3n) is 2.48. The van der Waals surface area contributed by atoms with Crippen molar-refractivity contribution < 1.29 is 4.92 Å². The minimum absolute atomic E-state index is 0.187. The maximum Gasteiger partial charge on any atom is 0.250 e. The molecule has 0 aliphatic carbocycles. The SMILES string of the molecule is N#CS[C@@H]1S[C@H](c2ccc(Cl)cc2)[C@H]1[N+](=O)[O-]. The van der Waals surface area contributed by atoms with Crippen molar-refractivity contribution in [3.63, 3.8) is 0 Å². The molecular weight excluding hydrogens is 280 g/mol. The first-order valence-electron chi connectivity index (χ1n) is 4.72. The lowest BCUT2D eigenvalue weighted by atomic mass is 10.1. The van der Waals surface area contributed by atoms with Gasteiger partial charge in [0.1, 0.15) is 15.2 Å². The summed E-state index contributed by atoms with van der Waals surface area (Å²) in [6, 6.07) is 6.33. The molecule has 1 aliphatic heterocycles. The Balaban J connectivity index is 2.16. The van der Waals surface area contributed by atoms with Crippen LogP contribution in [0.4, 0.5) is 0 Å². The molecule has 1 fully saturated rings. The molecule has 17 heavy (non-hydrogen) atoms. The van der Waals surface area contributed by atoms with Crippen molar-refractivity contribution in [2.45, 2.75) is 15.9 Å². The number of hydrogen-bond donors (Lipinski definition) is 0. The molecule has 0 spiro atoms. The summed E-state index contributed by atoms with van der Waals surface area (Å²) >= 11 is 8.17. The van der Waals surface area contributed by atoms with Gasteiger partial charge in [-0.3, -0.25) is 10.1 Å². The van der Waals surface area contributed by atoms with E-state index in [-0.39, 0.29) is 14.8 Å². The molecule has 0 aromatic heterocycles. The normalized spacial score (nSPS) is 26.9. The Morgan fingerprint density at radius 2 is 2.12 bits per heavy atom. The fourth-order valence-corrected chi connectivity index (χ4v) is 4.25. The third-order valence-corrected chi connectivity index (χ3v) is 5.36. The summed E-state index contributed by atoms with van der Waals surface area (Å²) in [5, 5.41) is 21.8. The molecule has 0 unspecified atom stereocenters. The first-order chi connectivity index (χ1) is 8.13. The first kappa shape index (κ1) is 12.6. The van der Waals surface area contributed by atoms with Gasteiger partial charge in [-0.2, -0.15) is 5.26 Å². The Kier molecular flexibility index (Phi) is 3.82. The van der Waals surface area contributed by atoms with E-state index in [1.165, 1.54) is 11.8 Å². The van der Waals surface area contributed by atoms with Crippen molar-refractivity contribution in [2.75, 3.05) is 0 Å². The van der Waals surface area contributed by atoms with Crippen molar-refractivity contribution in [1.82, 2.24) is 0 Å². The van der Waals surface area contributed by atoms with Gasteiger partial charge in [-0.05, 0) is 29.5 Å². The van der Waals surface area contributed by atoms with Crippen LogP contribution in [0.2, 0.25) is 5.02 Å². The number of nitriles is 1. The van der Waals surface area contributed by atoms with E-state index in [0.29, 0.717) is 5.02 Å². The van der Waals surface area contributed by atoms with Crippen molar-refractivity contribution in [3.05, 3.63) is 45.0 Å². The second kappa shape index (κ2) is 5.17. The number of nitro groups is 1. The van der Waals surface area contributed by atoms with Gasteiger partial charge in [0.05, 0.1) is 0 Å². The smallest absolute Gasteiger partial charge is 0.250 e. The molecule has 1 saturated heterocycles. The fourth-order valence-electron chi connectivity index (χ4n) is 1.65. The quantitative estimate of drug-likeness (QED) is 0.484. The minimum atomic E-state index is -0.703. The summed E-state index contributed by atoms with van der Waals surface area (Å²) in [7, 11) is 0. The summed E-state index contributed by atoms with van der Waals surface area (Å²) in [6.45, 7) is 0. The van der Waals surface area contributed by atoms with E-state index in [1.807, 2.05) is 5.40 Å². The van der Waals surface area contributed by atoms with Crippen LogP contribution in [0, 0.1) is 20.8 Å². The predicted molar refractivity (Wildman–Crippen MR) is 69.6 cm³/mol. The number of hydrogen-bond acceptors (Lipinski definition) is 5. The van der Waals surface area contributed by atoms with Gasteiger partial charge in [0.25, 0.3) is 6.04 Å². The van der Waals surface area contributed by atoms with Crippen LogP contribution in [0.15, 0.2) is 24.3 Å². The summed E-state index contributed by atoms with van der Waals surface area (Å²) in [5.74, 6) is 0. The zero-order valence-corrected chi connectivity index (χ0v) is 10.8. The molecule has 1 aromatic carbocycles. The molecule has 1 aromatic rings. The number of thioether (sulfide) groups is 2. The van der Waals surface area contributed by atoms with E-state index >= 15 is 0 Å². The van der Waals surface area contributed by atoms with Crippen LogP contribution in [-0.4, -0.2) is 15.5 Å². The molecule has 0 saturated carbocycles. The largest absolute Gasteiger partial charge is 0.264 e. The van der Waals surface area contributed by atoms with E-state index in [1.54, 1.807) is 24.3 Å². The summed E-state index contributed by atoms with van der Waals surface area (Å²) in [4.78, 5) is 10.7. The molecule has 0 radical (unpaired) electrons. The highest BCUT2D eigenvalue weighted by Crippen LogP contribution is 2.54. The highest BCUT2D eigenvalue weighted by atomic mass is 35.5. The molecule has 0 N–H and O–H groups in total. The zero-order valence-electron chi connectivity index (χ0n) is 8.45. The van der Waals surface area contributed by atoms with Crippen molar-refractivity contribution in [2.24, 2.45) is 0 Å². The average Bonchev–Trinajstić information content (AvgIpc) is 2.24. The monoisotopic (exact) mass is 286 g/mol. The maximum absolute atomic E-state index is 11.0. The molecule has 88 valence electrons. The van der Waals surface area contributed by atoms with E-state index in [4.69, 9.17) is 16.9 Å². The molecule has 0 bridgehead atoms. The van der Waals surface area contributed by atoms with Crippen LogP contribution in [0.5, 0.6) is 0 Å². The van der Waals surface area contributed by atoms with Crippen molar-refractivity contribution >= 4 is 35.1 Å². The highest BCUT2D eigenvalue weighted by Gasteiger charge is 2.52. The van der Waals surface area contributed by atoms with E-state index in [9.17, 15) is 10.1 Å². The Morgan fingerprint density at radius 1 is 1.47 bits per heavy atom. The van der Waals surface area contributed by atoms with Gasteiger partial charge in [0, 0.05) is 9.95 Å². The van der Waals surface area contributed by atoms with Crippen LogP contribution < -0.4 is 0 Å². The number of thiocyanates is 1. The van der Waals surface area contributed by atoms with Gasteiger partial charge in [-0.1, -0.05) is 23.7 Å². The van der Waals surface area contributed by atoms with Gasteiger partial charge in [-0.15, -0.1) is 11.8 Å². The Hall–Kier alpha value is -0.900. The van der Waals surface area contributed by atoms with Crippen LogP contribution in [-0.2, 0) is 0 Å². The molecule has 1 aliphatic rings. The number of nitrogens with zero attached hydrogens (tertiary/aromatic N) is 2. The van der Waals surface area contributed by atoms with Crippen LogP contribution in [0.1, 0.15) is 10.8 Å². The summed E-state index contributed by atoms with van der Waals surface area (Å²) < 4.78 is -0.282. The van der Waals surface area contributed by atoms with E-state index < -0.39 is 6.04 Å². The predicted octanol–water partition coefficient (Wildman–Crippen LogP) is 3.31. The summed E-state index contributed by atoms with van der Waals surface area (Å²) in [5.41, 5.74) is 0.885. The number of rotatable bonds is 3. The van der Waals surface area contributed by atoms with Gasteiger partial charge in [0.15, 0.2) is 0 Å². The van der Waals surface area contributed by atoms with Crippen molar-refractivity contribution in [1.29, 1.82) is 5.26 Å².